The molecule has 0 unspecified atom stereocenters. The number of halogens is 2. The third-order valence-electron chi connectivity index (χ3n) is 4.87. The molecule has 164 valence electrons. The molecule has 3 aromatic heterocycles. The van der Waals surface area contributed by atoms with E-state index in [0.29, 0.717) is 35.1 Å². The summed E-state index contributed by atoms with van der Waals surface area (Å²) < 4.78 is 20.3. The van der Waals surface area contributed by atoms with Crippen LogP contribution >= 0.6 is 11.6 Å². The van der Waals surface area contributed by atoms with Gasteiger partial charge in [-0.3, -0.25) is 4.68 Å². The largest absolute Gasteiger partial charge is 0.467 e. The Labute approximate surface area is 188 Å². The summed E-state index contributed by atoms with van der Waals surface area (Å²) in [5, 5.41) is 10.7. The Morgan fingerprint density at radius 2 is 1.91 bits per heavy atom. The maximum Gasteiger partial charge on any atom is 0.316 e. The van der Waals surface area contributed by atoms with Crippen LogP contribution < -0.4 is 15.4 Å². The molecule has 1 aromatic carbocycles. The Kier molecular flexibility index (Phi) is 6.13. The fourth-order valence-corrected chi connectivity index (χ4v) is 3.13. The van der Waals surface area contributed by atoms with Gasteiger partial charge in [0, 0.05) is 60.3 Å². The number of aromatic nitrogens is 6. The van der Waals surface area contributed by atoms with Crippen LogP contribution in [0.2, 0.25) is 5.02 Å². The molecule has 4 aromatic rings. The second-order valence-electron chi connectivity index (χ2n) is 6.90. The fraction of sp³-hybridized carbons (Fsp3) is 0.190. The predicted octanol–water partition coefficient (Wildman–Crippen LogP) is 4.13. The summed E-state index contributed by atoms with van der Waals surface area (Å²) in [6.45, 7) is 2.50. The molecule has 0 saturated heterocycles. The quantitative estimate of drug-likeness (QED) is 0.429. The van der Waals surface area contributed by atoms with Gasteiger partial charge in [0.15, 0.2) is 0 Å². The minimum atomic E-state index is -0.498. The van der Waals surface area contributed by atoms with E-state index in [0.717, 1.165) is 11.3 Å². The van der Waals surface area contributed by atoms with Gasteiger partial charge in [0.2, 0.25) is 5.95 Å². The number of benzene rings is 1. The van der Waals surface area contributed by atoms with Crippen molar-refractivity contribution >= 4 is 29.1 Å². The molecule has 0 saturated carbocycles. The smallest absolute Gasteiger partial charge is 0.316 e. The highest BCUT2D eigenvalue weighted by molar-refractivity contribution is 6.31. The molecule has 4 rings (SSSR count). The van der Waals surface area contributed by atoms with Gasteiger partial charge in [0.05, 0.1) is 18.3 Å². The first-order valence-electron chi connectivity index (χ1n) is 9.61. The van der Waals surface area contributed by atoms with Gasteiger partial charge in [-0.2, -0.15) is 10.1 Å². The van der Waals surface area contributed by atoms with Gasteiger partial charge < -0.3 is 15.4 Å². The SMILES string of the molecule is COc1ncc(-c2cnc(Nc3ccc(F)c(Cl)c3)nc2NCc2cnn(C)c2C)cn1. The van der Waals surface area contributed by atoms with E-state index < -0.39 is 5.82 Å². The van der Waals surface area contributed by atoms with Crippen LogP contribution in [0.5, 0.6) is 6.01 Å². The van der Waals surface area contributed by atoms with Gasteiger partial charge in [0.25, 0.3) is 0 Å². The minimum absolute atomic E-state index is 0.00685. The molecule has 3 heterocycles. The molecule has 0 radical (unpaired) electrons. The van der Waals surface area contributed by atoms with Gasteiger partial charge in [-0.15, -0.1) is 0 Å². The summed E-state index contributed by atoms with van der Waals surface area (Å²) in [6.07, 6.45) is 6.74. The number of anilines is 3. The summed E-state index contributed by atoms with van der Waals surface area (Å²) in [5.41, 5.74) is 4.05. The van der Waals surface area contributed by atoms with Crippen molar-refractivity contribution in [2.75, 3.05) is 17.7 Å². The molecule has 0 amide bonds. The summed E-state index contributed by atoms with van der Waals surface area (Å²) in [7, 11) is 3.39. The van der Waals surface area contributed by atoms with Crippen LogP contribution in [0.15, 0.2) is 43.0 Å². The zero-order chi connectivity index (χ0) is 22.7. The molecule has 2 N–H and O–H groups in total. The van der Waals surface area contributed by atoms with Crippen LogP contribution in [-0.4, -0.2) is 36.8 Å². The Morgan fingerprint density at radius 3 is 2.56 bits per heavy atom. The van der Waals surface area contributed by atoms with E-state index in [9.17, 15) is 4.39 Å². The highest BCUT2D eigenvalue weighted by Gasteiger charge is 2.13. The van der Waals surface area contributed by atoms with Crippen LogP contribution in [0.4, 0.5) is 21.8 Å². The zero-order valence-corrected chi connectivity index (χ0v) is 18.4. The van der Waals surface area contributed by atoms with E-state index in [2.05, 4.69) is 35.7 Å². The molecule has 0 aliphatic rings. The molecular weight excluding hydrogens is 435 g/mol. The van der Waals surface area contributed by atoms with Crippen molar-refractivity contribution in [2.45, 2.75) is 13.5 Å². The number of hydrogen-bond donors (Lipinski definition) is 2. The zero-order valence-electron chi connectivity index (χ0n) is 17.6. The summed E-state index contributed by atoms with van der Waals surface area (Å²) in [4.78, 5) is 17.3. The molecule has 0 spiro atoms. The van der Waals surface area contributed by atoms with Crippen molar-refractivity contribution in [3.63, 3.8) is 0 Å². The third kappa shape index (κ3) is 4.59. The lowest BCUT2D eigenvalue weighted by atomic mass is 10.1. The van der Waals surface area contributed by atoms with Gasteiger partial charge in [-0.25, -0.2) is 19.3 Å². The second kappa shape index (κ2) is 9.15. The normalized spacial score (nSPS) is 10.8. The van der Waals surface area contributed by atoms with Crippen molar-refractivity contribution in [3.05, 3.63) is 65.1 Å². The molecule has 0 fully saturated rings. The molecule has 32 heavy (non-hydrogen) atoms. The summed E-state index contributed by atoms with van der Waals surface area (Å²) >= 11 is 5.88. The lowest BCUT2D eigenvalue weighted by molar-refractivity contribution is 0.380. The highest BCUT2D eigenvalue weighted by Crippen LogP contribution is 2.28. The average molecular weight is 455 g/mol. The van der Waals surface area contributed by atoms with Gasteiger partial charge in [-0.1, -0.05) is 11.6 Å². The second-order valence-corrected chi connectivity index (χ2v) is 7.31. The van der Waals surface area contributed by atoms with Crippen molar-refractivity contribution in [3.8, 4) is 17.1 Å². The first-order chi connectivity index (χ1) is 15.4. The Balaban J connectivity index is 1.66. The van der Waals surface area contributed by atoms with Crippen LogP contribution in [0.3, 0.4) is 0 Å². The summed E-state index contributed by atoms with van der Waals surface area (Å²) in [6, 6.07) is 4.57. The molecular formula is C21H20ClFN8O. The van der Waals surface area contributed by atoms with E-state index in [1.165, 1.54) is 19.2 Å². The van der Waals surface area contributed by atoms with Crippen LogP contribution in [-0.2, 0) is 13.6 Å². The van der Waals surface area contributed by atoms with Crippen molar-refractivity contribution in [1.29, 1.82) is 0 Å². The van der Waals surface area contributed by atoms with Crippen LogP contribution in [0, 0.1) is 12.7 Å². The monoisotopic (exact) mass is 454 g/mol. The number of nitrogens with one attached hydrogen (secondary N) is 2. The lowest BCUT2D eigenvalue weighted by Gasteiger charge is -2.13. The first kappa shape index (κ1) is 21.4. The van der Waals surface area contributed by atoms with E-state index in [-0.39, 0.29) is 11.0 Å². The van der Waals surface area contributed by atoms with Crippen molar-refractivity contribution < 1.29 is 9.13 Å². The molecule has 0 bridgehead atoms. The highest BCUT2D eigenvalue weighted by atomic mass is 35.5. The Bertz CT molecular complexity index is 1250. The molecule has 11 heteroatoms. The van der Waals surface area contributed by atoms with Gasteiger partial charge in [0.1, 0.15) is 11.6 Å². The number of ether oxygens (including phenoxy) is 1. The van der Waals surface area contributed by atoms with E-state index >= 15 is 0 Å². The van der Waals surface area contributed by atoms with Gasteiger partial charge >= 0.3 is 6.01 Å². The molecule has 0 aliphatic carbocycles. The fourth-order valence-electron chi connectivity index (χ4n) is 2.95. The molecule has 9 nitrogen and oxygen atoms in total. The average Bonchev–Trinajstić information content (AvgIpc) is 3.12. The number of methoxy groups -OCH3 is 1. The first-order valence-corrected chi connectivity index (χ1v) is 9.99. The van der Waals surface area contributed by atoms with Crippen LogP contribution in [0.1, 0.15) is 11.3 Å². The number of aryl methyl sites for hydroxylation is 1. The number of hydrogen-bond acceptors (Lipinski definition) is 8. The predicted molar refractivity (Wildman–Crippen MR) is 120 cm³/mol. The maximum absolute atomic E-state index is 13.5. The molecule has 0 atom stereocenters. The number of rotatable bonds is 7. The van der Waals surface area contributed by atoms with E-state index in [1.54, 1.807) is 35.5 Å². The van der Waals surface area contributed by atoms with Crippen molar-refractivity contribution in [1.82, 2.24) is 29.7 Å². The van der Waals surface area contributed by atoms with E-state index in [1.807, 2.05) is 14.0 Å². The van der Waals surface area contributed by atoms with Crippen LogP contribution in [0.25, 0.3) is 11.1 Å². The Hall–Kier alpha value is -3.79. The maximum atomic E-state index is 13.5. The minimum Gasteiger partial charge on any atom is -0.467 e. The Morgan fingerprint density at radius 1 is 1.12 bits per heavy atom. The molecule has 0 aliphatic heterocycles. The van der Waals surface area contributed by atoms with Gasteiger partial charge in [-0.05, 0) is 25.1 Å². The lowest BCUT2D eigenvalue weighted by Crippen LogP contribution is -2.07. The summed E-state index contributed by atoms with van der Waals surface area (Å²) in [5.74, 6) is 0.381. The topological polar surface area (TPSA) is 103 Å². The standard InChI is InChI=1S/C21H20ClFN8O/c1-12-13(10-28-31(12)2)7-24-19-16(14-8-26-21(32-3)27-9-14)11-25-20(30-19)29-15-4-5-18(23)17(22)6-15/h4-6,8-11H,7H2,1-3H3,(H2,24,25,29,30). The van der Waals surface area contributed by atoms with E-state index in [4.69, 9.17) is 16.3 Å². The van der Waals surface area contributed by atoms with Crippen molar-refractivity contribution in [2.24, 2.45) is 7.05 Å². The number of nitrogens with zero attached hydrogens (tertiary/aromatic N) is 6. The third-order valence-corrected chi connectivity index (χ3v) is 5.16.